The van der Waals surface area contributed by atoms with Gasteiger partial charge in [0.25, 0.3) is 0 Å². The topological polar surface area (TPSA) is 41.4 Å². The van der Waals surface area contributed by atoms with Crippen molar-refractivity contribution in [3.8, 4) is 0 Å². The summed E-state index contributed by atoms with van der Waals surface area (Å²) in [6.07, 6.45) is 0. The van der Waals surface area contributed by atoms with Crippen molar-refractivity contribution in [3.63, 3.8) is 0 Å². The number of benzene rings is 1. The van der Waals surface area contributed by atoms with Gasteiger partial charge in [-0.1, -0.05) is 26.0 Å². The maximum Gasteiger partial charge on any atom is 0.225 e. The second kappa shape index (κ2) is 5.39. The molecule has 0 aliphatic carbocycles. The summed E-state index contributed by atoms with van der Waals surface area (Å²) < 4.78 is 2.13. The first-order valence-corrected chi connectivity index (χ1v) is 7.53. The van der Waals surface area contributed by atoms with Crippen molar-refractivity contribution in [2.45, 2.75) is 13.8 Å². The maximum absolute atomic E-state index is 12.0. The van der Waals surface area contributed by atoms with Crippen LogP contribution < -0.4 is 4.90 Å². The van der Waals surface area contributed by atoms with Crippen LogP contribution >= 0.6 is 0 Å². The number of para-hydroxylation sites is 2. The predicted octanol–water partition coefficient (Wildman–Crippen LogP) is 1.88. The van der Waals surface area contributed by atoms with Gasteiger partial charge in [-0.15, -0.1) is 0 Å². The van der Waals surface area contributed by atoms with E-state index >= 15 is 0 Å². The van der Waals surface area contributed by atoms with Gasteiger partial charge >= 0.3 is 0 Å². The Morgan fingerprint density at radius 2 is 1.81 bits per heavy atom. The molecule has 1 saturated heterocycles. The number of aromatic nitrogens is 2. The van der Waals surface area contributed by atoms with E-state index in [1.165, 1.54) is 0 Å². The third-order valence-electron chi connectivity index (χ3n) is 4.13. The number of carbonyl (C=O) groups is 1. The average Bonchev–Trinajstić information content (AvgIpc) is 2.84. The van der Waals surface area contributed by atoms with Crippen molar-refractivity contribution in [2.75, 3.05) is 31.1 Å². The fourth-order valence-electron chi connectivity index (χ4n) is 2.91. The normalized spacial score (nSPS) is 16.0. The second-order valence-corrected chi connectivity index (χ2v) is 5.93. The number of amides is 1. The van der Waals surface area contributed by atoms with Crippen LogP contribution in [0.15, 0.2) is 24.3 Å². The molecule has 0 unspecified atom stereocenters. The van der Waals surface area contributed by atoms with Gasteiger partial charge in [-0.2, -0.15) is 0 Å². The Labute approximate surface area is 125 Å². The largest absolute Gasteiger partial charge is 0.339 e. The van der Waals surface area contributed by atoms with Crippen molar-refractivity contribution in [2.24, 2.45) is 13.0 Å². The lowest BCUT2D eigenvalue weighted by Gasteiger charge is -2.36. The van der Waals surface area contributed by atoms with Crippen LogP contribution in [0.25, 0.3) is 11.0 Å². The molecule has 0 saturated carbocycles. The van der Waals surface area contributed by atoms with Crippen LogP contribution in [0, 0.1) is 5.92 Å². The van der Waals surface area contributed by atoms with Crippen molar-refractivity contribution in [1.29, 1.82) is 0 Å². The Balaban J connectivity index is 1.77. The summed E-state index contributed by atoms with van der Waals surface area (Å²) in [6, 6.07) is 8.17. The van der Waals surface area contributed by atoms with E-state index in [2.05, 4.69) is 22.6 Å². The molecule has 2 aromatic rings. The number of rotatable bonds is 2. The Hall–Kier alpha value is -2.04. The fraction of sp³-hybridized carbons (Fsp3) is 0.500. The van der Waals surface area contributed by atoms with Crippen LogP contribution in [0.5, 0.6) is 0 Å². The molecule has 0 radical (unpaired) electrons. The average molecular weight is 286 g/mol. The fourth-order valence-corrected chi connectivity index (χ4v) is 2.91. The Kier molecular flexibility index (Phi) is 3.57. The second-order valence-electron chi connectivity index (χ2n) is 5.93. The van der Waals surface area contributed by atoms with Crippen molar-refractivity contribution >= 4 is 22.9 Å². The predicted molar refractivity (Wildman–Crippen MR) is 84.3 cm³/mol. The molecule has 5 nitrogen and oxygen atoms in total. The number of carbonyl (C=O) groups excluding carboxylic acids is 1. The third-order valence-corrected chi connectivity index (χ3v) is 4.13. The number of hydrogen-bond acceptors (Lipinski definition) is 3. The molecule has 1 aromatic carbocycles. The molecule has 3 rings (SSSR count). The van der Waals surface area contributed by atoms with Gasteiger partial charge in [0.1, 0.15) is 0 Å². The molecule has 0 atom stereocenters. The summed E-state index contributed by atoms with van der Waals surface area (Å²) in [4.78, 5) is 21.0. The monoisotopic (exact) mass is 286 g/mol. The van der Waals surface area contributed by atoms with E-state index in [0.717, 1.165) is 43.2 Å². The van der Waals surface area contributed by atoms with Crippen molar-refractivity contribution in [1.82, 2.24) is 14.5 Å². The van der Waals surface area contributed by atoms with E-state index in [1.54, 1.807) is 0 Å². The summed E-state index contributed by atoms with van der Waals surface area (Å²) in [6.45, 7) is 7.16. The van der Waals surface area contributed by atoms with Crippen LogP contribution in [0.1, 0.15) is 13.8 Å². The zero-order chi connectivity index (χ0) is 15.0. The number of nitrogens with zero attached hydrogens (tertiary/aromatic N) is 4. The number of imidazole rings is 1. The lowest BCUT2D eigenvalue weighted by Crippen LogP contribution is -2.50. The van der Waals surface area contributed by atoms with Crippen LogP contribution in [0.2, 0.25) is 0 Å². The highest BCUT2D eigenvalue weighted by molar-refractivity contribution is 5.79. The van der Waals surface area contributed by atoms with E-state index in [4.69, 9.17) is 4.98 Å². The molecule has 1 aliphatic heterocycles. The summed E-state index contributed by atoms with van der Waals surface area (Å²) >= 11 is 0. The standard InChI is InChI=1S/C16H22N4O/c1-12(2)15(21)19-8-10-20(11-9-19)16-17-13-6-4-5-7-14(13)18(16)3/h4-7,12H,8-11H2,1-3H3. The van der Waals surface area contributed by atoms with E-state index in [0.29, 0.717) is 0 Å². The molecule has 0 N–H and O–H groups in total. The van der Waals surface area contributed by atoms with Crippen molar-refractivity contribution in [3.05, 3.63) is 24.3 Å². The molecule has 5 heteroatoms. The van der Waals surface area contributed by atoms with E-state index in [9.17, 15) is 4.79 Å². The Morgan fingerprint density at radius 3 is 2.43 bits per heavy atom. The van der Waals surface area contributed by atoms with Gasteiger partial charge < -0.3 is 14.4 Å². The molecule has 112 valence electrons. The van der Waals surface area contributed by atoms with Crippen molar-refractivity contribution < 1.29 is 4.79 Å². The quantitative estimate of drug-likeness (QED) is 0.846. The highest BCUT2D eigenvalue weighted by Crippen LogP contribution is 2.22. The molecule has 1 aromatic heterocycles. The first-order valence-electron chi connectivity index (χ1n) is 7.53. The van der Waals surface area contributed by atoms with Crippen LogP contribution in [-0.2, 0) is 11.8 Å². The van der Waals surface area contributed by atoms with Gasteiger partial charge in [0, 0.05) is 39.1 Å². The van der Waals surface area contributed by atoms with Crippen LogP contribution in [0.3, 0.4) is 0 Å². The number of aryl methyl sites for hydroxylation is 1. The van der Waals surface area contributed by atoms with Crippen LogP contribution in [-0.4, -0.2) is 46.5 Å². The highest BCUT2D eigenvalue weighted by atomic mass is 16.2. The number of hydrogen-bond donors (Lipinski definition) is 0. The molecule has 0 spiro atoms. The lowest BCUT2D eigenvalue weighted by atomic mass is 10.1. The third kappa shape index (κ3) is 2.48. The Bertz CT molecular complexity index is 653. The highest BCUT2D eigenvalue weighted by Gasteiger charge is 2.25. The summed E-state index contributed by atoms with van der Waals surface area (Å²) in [7, 11) is 2.05. The first-order chi connectivity index (χ1) is 10.1. The molecule has 1 amide bonds. The van der Waals surface area contributed by atoms with E-state index in [1.807, 2.05) is 36.9 Å². The minimum Gasteiger partial charge on any atom is -0.339 e. The molecule has 1 fully saturated rings. The van der Waals surface area contributed by atoms with Gasteiger partial charge in [0.2, 0.25) is 11.9 Å². The van der Waals surface area contributed by atoms with E-state index in [-0.39, 0.29) is 11.8 Å². The zero-order valence-electron chi connectivity index (χ0n) is 12.9. The maximum atomic E-state index is 12.0. The summed E-state index contributed by atoms with van der Waals surface area (Å²) in [5.74, 6) is 1.32. The molecule has 21 heavy (non-hydrogen) atoms. The Morgan fingerprint density at radius 1 is 1.14 bits per heavy atom. The van der Waals surface area contributed by atoms with Gasteiger partial charge in [0.15, 0.2) is 0 Å². The van der Waals surface area contributed by atoms with Gasteiger partial charge in [-0.05, 0) is 12.1 Å². The van der Waals surface area contributed by atoms with E-state index < -0.39 is 0 Å². The molecule has 2 heterocycles. The number of fused-ring (bicyclic) bond motifs is 1. The summed E-state index contributed by atoms with van der Waals surface area (Å²) in [5, 5.41) is 0. The molecular weight excluding hydrogens is 264 g/mol. The smallest absolute Gasteiger partial charge is 0.225 e. The first kappa shape index (κ1) is 13.9. The van der Waals surface area contributed by atoms with Gasteiger partial charge in [0.05, 0.1) is 11.0 Å². The minimum absolute atomic E-state index is 0.0762. The molecule has 1 aliphatic rings. The zero-order valence-corrected chi connectivity index (χ0v) is 12.9. The summed E-state index contributed by atoms with van der Waals surface area (Å²) in [5.41, 5.74) is 2.17. The molecular formula is C16H22N4O. The number of piperazine rings is 1. The molecule has 0 bridgehead atoms. The minimum atomic E-state index is 0.0762. The lowest BCUT2D eigenvalue weighted by molar-refractivity contribution is -0.134. The van der Waals surface area contributed by atoms with Crippen LogP contribution in [0.4, 0.5) is 5.95 Å². The number of anilines is 1. The SMILES string of the molecule is CC(C)C(=O)N1CCN(c2nc3ccccc3n2C)CC1. The van der Waals surface area contributed by atoms with Gasteiger partial charge in [-0.25, -0.2) is 4.98 Å². The van der Waals surface area contributed by atoms with Gasteiger partial charge in [-0.3, -0.25) is 4.79 Å².